The molecule has 0 bridgehead atoms. The van der Waals surface area contributed by atoms with Gasteiger partial charge in [0.15, 0.2) is 0 Å². The van der Waals surface area contributed by atoms with E-state index in [1.165, 1.54) is 24.5 Å². The molecule has 254 valence electrons. The second kappa shape index (κ2) is 14.4. The topological polar surface area (TPSA) is 129 Å². The summed E-state index contributed by atoms with van der Waals surface area (Å²) in [6.45, 7) is 8.08. The molecule has 1 aromatic heterocycles. The van der Waals surface area contributed by atoms with Gasteiger partial charge in [-0.25, -0.2) is 14.4 Å². The highest BCUT2D eigenvalue weighted by molar-refractivity contribution is 6.31. The first-order valence-electron chi connectivity index (χ1n) is 16.1. The standard InChI is InChI=1S/C34H39ClFN7O5/c1-34(2)20-42(18-32(46)48-34)17-31(45)43-12-10-41(11-13-43)9-3-4-30(44)40-28-15-24-27(16-29(28)47-19-22-5-6-22)37-21-38-33(24)39-23-7-8-26(36)25(35)14-23/h3-4,7-8,14-16,21-22H,5-6,9-13,17-20H2,1-2H3,(H,40,44)(H,37,38,39)/b4-3+. The number of piperazine rings is 1. The predicted octanol–water partition coefficient (Wildman–Crippen LogP) is 4.23. The highest BCUT2D eigenvalue weighted by Gasteiger charge is 2.34. The number of morpholine rings is 1. The summed E-state index contributed by atoms with van der Waals surface area (Å²) in [5, 5.41) is 6.72. The Morgan fingerprint density at radius 2 is 1.92 bits per heavy atom. The quantitative estimate of drug-likeness (QED) is 0.224. The van der Waals surface area contributed by atoms with Crippen LogP contribution in [0.2, 0.25) is 5.02 Å². The molecule has 14 heteroatoms. The van der Waals surface area contributed by atoms with Crippen molar-refractivity contribution in [1.29, 1.82) is 0 Å². The van der Waals surface area contributed by atoms with Crippen LogP contribution < -0.4 is 15.4 Å². The first-order chi connectivity index (χ1) is 23.0. The van der Waals surface area contributed by atoms with Gasteiger partial charge in [0, 0.05) is 62.5 Å². The number of anilines is 3. The molecule has 6 rings (SSSR count). The summed E-state index contributed by atoms with van der Waals surface area (Å²) in [5.41, 5.74) is 1.03. The number of hydrogen-bond acceptors (Lipinski definition) is 10. The fourth-order valence-electron chi connectivity index (χ4n) is 5.82. The van der Waals surface area contributed by atoms with Crippen LogP contribution >= 0.6 is 11.6 Å². The number of nitrogens with zero attached hydrogens (tertiary/aromatic N) is 5. The molecule has 0 spiro atoms. The molecule has 2 aliphatic heterocycles. The van der Waals surface area contributed by atoms with Crippen LogP contribution in [0, 0.1) is 11.7 Å². The summed E-state index contributed by atoms with van der Waals surface area (Å²) in [5.74, 6) is 0.312. The third-order valence-corrected chi connectivity index (χ3v) is 8.70. The van der Waals surface area contributed by atoms with Crippen molar-refractivity contribution >= 4 is 57.5 Å². The molecular weight excluding hydrogens is 641 g/mol. The van der Waals surface area contributed by atoms with E-state index in [1.54, 1.807) is 24.3 Å². The van der Waals surface area contributed by atoms with Gasteiger partial charge in [0.25, 0.3) is 0 Å². The number of aromatic nitrogens is 2. The number of rotatable bonds is 11. The van der Waals surface area contributed by atoms with Gasteiger partial charge in [0.05, 0.1) is 35.9 Å². The molecule has 48 heavy (non-hydrogen) atoms. The maximum absolute atomic E-state index is 13.7. The summed E-state index contributed by atoms with van der Waals surface area (Å²) < 4.78 is 25.1. The Balaban J connectivity index is 1.06. The van der Waals surface area contributed by atoms with Crippen LogP contribution in [0.15, 0.2) is 48.8 Å². The first-order valence-corrected chi connectivity index (χ1v) is 16.4. The lowest BCUT2D eigenvalue weighted by molar-refractivity contribution is -0.170. The number of amides is 2. The molecule has 1 aliphatic carbocycles. The van der Waals surface area contributed by atoms with Gasteiger partial charge in [-0.3, -0.25) is 24.2 Å². The lowest BCUT2D eigenvalue weighted by atomic mass is 10.1. The number of carbonyl (C=O) groups excluding carboxylic acids is 3. The van der Waals surface area contributed by atoms with Crippen molar-refractivity contribution in [2.75, 3.05) is 69.6 Å². The van der Waals surface area contributed by atoms with E-state index in [-0.39, 0.29) is 35.9 Å². The zero-order valence-electron chi connectivity index (χ0n) is 27.0. The predicted molar refractivity (Wildman–Crippen MR) is 180 cm³/mol. The Hall–Kier alpha value is -4.33. The molecule has 2 amide bonds. The van der Waals surface area contributed by atoms with Crippen molar-refractivity contribution in [1.82, 2.24) is 24.7 Å². The van der Waals surface area contributed by atoms with Gasteiger partial charge < -0.3 is 25.0 Å². The highest BCUT2D eigenvalue weighted by atomic mass is 35.5. The second-order valence-corrected chi connectivity index (χ2v) is 13.5. The van der Waals surface area contributed by atoms with E-state index < -0.39 is 11.4 Å². The molecule has 3 aromatic rings. The van der Waals surface area contributed by atoms with Crippen LogP contribution in [0.4, 0.5) is 21.6 Å². The third kappa shape index (κ3) is 8.77. The number of benzene rings is 2. The molecule has 3 fully saturated rings. The van der Waals surface area contributed by atoms with Crippen LogP contribution in [-0.2, 0) is 19.1 Å². The fourth-order valence-corrected chi connectivity index (χ4v) is 6.00. The van der Waals surface area contributed by atoms with E-state index in [2.05, 4.69) is 25.5 Å². The lowest BCUT2D eigenvalue weighted by Crippen LogP contribution is -2.55. The maximum atomic E-state index is 13.7. The number of ether oxygens (including phenoxy) is 2. The van der Waals surface area contributed by atoms with E-state index in [0.717, 1.165) is 12.8 Å². The smallest absolute Gasteiger partial charge is 0.320 e. The number of nitrogens with one attached hydrogen (secondary N) is 2. The number of esters is 1. The second-order valence-electron chi connectivity index (χ2n) is 13.0. The summed E-state index contributed by atoms with van der Waals surface area (Å²) in [6, 6.07) is 7.84. The molecule has 1 saturated carbocycles. The molecule has 0 unspecified atom stereocenters. The number of fused-ring (bicyclic) bond motifs is 1. The molecule has 2 aromatic carbocycles. The van der Waals surface area contributed by atoms with Crippen LogP contribution in [0.5, 0.6) is 5.75 Å². The molecule has 2 saturated heterocycles. The van der Waals surface area contributed by atoms with Crippen molar-refractivity contribution in [3.63, 3.8) is 0 Å². The van der Waals surface area contributed by atoms with Crippen molar-refractivity contribution in [3.8, 4) is 5.75 Å². The van der Waals surface area contributed by atoms with Crippen molar-refractivity contribution in [2.45, 2.75) is 32.3 Å². The maximum Gasteiger partial charge on any atom is 0.320 e. The van der Waals surface area contributed by atoms with Crippen LogP contribution in [-0.4, -0.2) is 107 Å². The number of hydrogen-bond donors (Lipinski definition) is 2. The minimum absolute atomic E-state index is 0.00427. The zero-order valence-corrected chi connectivity index (χ0v) is 27.8. The van der Waals surface area contributed by atoms with E-state index in [4.69, 9.17) is 21.1 Å². The Bertz CT molecular complexity index is 1730. The van der Waals surface area contributed by atoms with E-state index in [0.29, 0.717) is 85.6 Å². The Kier molecular flexibility index (Phi) is 10.1. The van der Waals surface area contributed by atoms with Gasteiger partial charge in [-0.1, -0.05) is 17.7 Å². The van der Waals surface area contributed by atoms with Crippen LogP contribution in [0.3, 0.4) is 0 Å². The van der Waals surface area contributed by atoms with Crippen LogP contribution in [0.25, 0.3) is 10.9 Å². The molecule has 0 radical (unpaired) electrons. The average Bonchev–Trinajstić information content (AvgIpc) is 3.86. The van der Waals surface area contributed by atoms with Crippen molar-refractivity contribution in [3.05, 3.63) is 59.7 Å². The van der Waals surface area contributed by atoms with Gasteiger partial charge in [-0.2, -0.15) is 0 Å². The van der Waals surface area contributed by atoms with Gasteiger partial charge in [-0.15, -0.1) is 0 Å². The van der Waals surface area contributed by atoms with Crippen molar-refractivity contribution in [2.24, 2.45) is 5.92 Å². The normalized spacial score (nSPS) is 18.6. The summed E-state index contributed by atoms with van der Waals surface area (Å²) in [6.07, 6.45) is 6.94. The van der Waals surface area contributed by atoms with Gasteiger partial charge in [0.1, 0.15) is 29.3 Å². The minimum atomic E-state index is -0.610. The Morgan fingerprint density at radius 1 is 1.12 bits per heavy atom. The minimum Gasteiger partial charge on any atom is -0.491 e. The third-order valence-electron chi connectivity index (χ3n) is 8.41. The highest BCUT2D eigenvalue weighted by Crippen LogP contribution is 2.36. The van der Waals surface area contributed by atoms with E-state index >= 15 is 0 Å². The van der Waals surface area contributed by atoms with Crippen molar-refractivity contribution < 1.29 is 28.2 Å². The summed E-state index contributed by atoms with van der Waals surface area (Å²) in [4.78, 5) is 52.5. The van der Waals surface area contributed by atoms with E-state index in [9.17, 15) is 18.8 Å². The number of carbonyl (C=O) groups is 3. The monoisotopic (exact) mass is 679 g/mol. The van der Waals surface area contributed by atoms with E-state index in [1.807, 2.05) is 23.6 Å². The molecule has 0 atom stereocenters. The average molecular weight is 680 g/mol. The molecular formula is C34H39ClFN7O5. The van der Waals surface area contributed by atoms with Crippen LogP contribution in [0.1, 0.15) is 26.7 Å². The summed E-state index contributed by atoms with van der Waals surface area (Å²) >= 11 is 5.97. The fraction of sp³-hybridized carbons (Fsp3) is 0.441. The Labute approximate surface area is 283 Å². The largest absolute Gasteiger partial charge is 0.491 e. The first kappa shape index (κ1) is 33.6. The SMILES string of the molecule is CC1(C)CN(CC(=O)N2CCN(C/C=C/C(=O)Nc3cc4c(Nc5ccc(F)c(Cl)c5)ncnc4cc3OCC3CC3)CC2)CC(=O)O1. The van der Waals surface area contributed by atoms with Gasteiger partial charge in [-0.05, 0) is 56.9 Å². The molecule has 3 aliphatic rings. The van der Waals surface area contributed by atoms with Gasteiger partial charge in [0.2, 0.25) is 11.8 Å². The lowest BCUT2D eigenvalue weighted by Gasteiger charge is -2.39. The van der Waals surface area contributed by atoms with Gasteiger partial charge >= 0.3 is 5.97 Å². The molecule has 12 nitrogen and oxygen atoms in total. The Morgan fingerprint density at radius 3 is 2.65 bits per heavy atom. The summed E-state index contributed by atoms with van der Waals surface area (Å²) in [7, 11) is 0. The zero-order chi connectivity index (χ0) is 33.8. The molecule has 2 N–H and O–H groups in total. The number of halogens is 2. The number of cyclic esters (lactones) is 1. The molecule has 3 heterocycles.